The molecular formula is C13H10BrFOS2. The summed E-state index contributed by atoms with van der Waals surface area (Å²) in [7, 11) is 0. The first-order valence-electron chi connectivity index (χ1n) is 5.26. The molecule has 0 N–H and O–H groups in total. The van der Waals surface area contributed by atoms with Crippen LogP contribution in [0.2, 0.25) is 0 Å². The highest BCUT2D eigenvalue weighted by molar-refractivity contribution is 9.10. The number of hydrogen-bond acceptors (Lipinski definition) is 3. The van der Waals surface area contributed by atoms with Gasteiger partial charge in [-0.1, -0.05) is 6.07 Å². The lowest BCUT2D eigenvalue weighted by Gasteiger charge is -2.00. The fraction of sp³-hybridized carbons (Fsp3) is 0.154. The van der Waals surface area contributed by atoms with E-state index in [1.165, 1.54) is 23.9 Å². The van der Waals surface area contributed by atoms with E-state index in [4.69, 9.17) is 0 Å². The molecule has 0 atom stereocenters. The Balaban J connectivity index is 1.85. The Labute approximate surface area is 122 Å². The van der Waals surface area contributed by atoms with Crippen LogP contribution < -0.4 is 0 Å². The second kappa shape index (κ2) is 6.50. The average Bonchev–Trinajstić information content (AvgIpc) is 2.72. The zero-order chi connectivity index (χ0) is 13.0. The molecule has 1 aromatic carbocycles. The van der Waals surface area contributed by atoms with Crippen molar-refractivity contribution in [3.8, 4) is 0 Å². The van der Waals surface area contributed by atoms with E-state index in [9.17, 15) is 9.18 Å². The van der Waals surface area contributed by atoms with E-state index in [-0.39, 0.29) is 11.6 Å². The highest BCUT2D eigenvalue weighted by Crippen LogP contribution is 2.22. The van der Waals surface area contributed by atoms with Crippen LogP contribution in [0.4, 0.5) is 4.39 Å². The van der Waals surface area contributed by atoms with Gasteiger partial charge in [0.1, 0.15) is 11.6 Å². The number of carbonyl (C=O) groups excluding carboxylic acids is 1. The van der Waals surface area contributed by atoms with Crippen molar-refractivity contribution in [2.24, 2.45) is 0 Å². The van der Waals surface area contributed by atoms with E-state index in [1.807, 2.05) is 17.5 Å². The number of thioether (sulfide) groups is 1. The fourth-order valence-electron chi connectivity index (χ4n) is 1.41. The van der Waals surface area contributed by atoms with Crippen molar-refractivity contribution in [1.82, 2.24) is 0 Å². The third-order valence-electron chi connectivity index (χ3n) is 2.19. The molecule has 94 valence electrons. The normalized spacial score (nSPS) is 10.6. The van der Waals surface area contributed by atoms with Crippen LogP contribution in [0.1, 0.15) is 4.88 Å². The summed E-state index contributed by atoms with van der Waals surface area (Å²) in [6.07, 6.45) is 0.443. The van der Waals surface area contributed by atoms with Crippen molar-refractivity contribution in [2.75, 3.05) is 5.75 Å². The number of halogens is 2. The molecule has 0 fully saturated rings. The summed E-state index contributed by atoms with van der Waals surface area (Å²) in [6, 6.07) is 8.26. The van der Waals surface area contributed by atoms with Gasteiger partial charge in [0.05, 0.1) is 5.75 Å². The minimum absolute atomic E-state index is 0.151. The molecule has 2 aromatic rings. The lowest BCUT2D eigenvalue weighted by atomic mass is 10.3. The number of carbonyl (C=O) groups is 1. The molecule has 0 aliphatic carbocycles. The van der Waals surface area contributed by atoms with Crippen molar-refractivity contribution < 1.29 is 9.18 Å². The summed E-state index contributed by atoms with van der Waals surface area (Å²) in [5, 5.41) is 1.96. The zero-order valence-corrected chi connectivity index (χ0v) is 12.6. The minimum Gasteiger partial charge on any atom is -0.298 e. The molecule has 0 aliphatic heterocycles. The highest BCUT2D eigenvalue weighted by atomic mass is 79.9. The van der Waals surface area contributed by atoms with E-state index in [1.54, 1.807) is 17.4 Å². The first-order chi connectivity index (χ1) is 8.63. The number of hydrogen-bond donors (Lipinski definition) is 0. The third-order valence-corrected chi connectivity index (χ3v) is 4.94. The Bertz CT molecular complexity index is 553. The molecule has 0 amide bonds. The Hall–Kier alpha value is -0.650. The molecule has 0 saturated heterocycles. The van der Waals surface area contributed by atoms with Crippen LogP contribution in [0.5, 0.6) is 0 Å². The maximum Gasteiger partial charge on any atom is 0.148 e. The molecule has 0 bridgehead atoms. The van der Waals surface area contributed by atoms with E-state index in [0.717, 1.165) is 14.2 Å². The largest absolute Gasteiger partial charge is 0.298 e. The predicted molar refractivity (Wildman–Crippen MR) is 77.9 cm³/mol. The van der Waals surface area contributed by atoms with Gasteiger partial charge in [0, 0.05) is 26.0 Å². The summed E-state index contributed by atoms with van der Waals surface area (Å²) in [5.41, 5.74) is 0. The quantitative estimate of drug-likeness (QED) is 0.740. The molecule has 2 rings (SSSR count). The van der Waals surface area contributed by atoms with Crippen LogP contribution in [0.25, 0.3) is 0 Å². The average molecular weight is 345 g/mol. The second-order valence-electron chi connectivity index (χ2n) is 3.69. The van der Waals surface area contributed by atoms with Gasteiger partial charge in [0.25, 0.3) is 0 Å². The number of ketones is 1. The van der Waals surface area contributed by atoms with E-state index in [0.29, 0.717) is 12.2 Å². The van der Waals surface area contributed by atoms with Gasteiger partial charge in [0.2, 0.25) is 0 Å². The van der Waals surface area contributed by atoms with Gasteiger partial charge in [-0.2, -0.15) is 0 Å². The maximum atomic E-state index is 12.9. The minimum atomic E-state index is -0.269. The van der Waals surface area contributed by atoms with Crippen LogP contribution in [-0.2, 0) is 11.2 Å². The summed E-state index contributed by atoms with van der Waals surface area (Å²) in [5.74, 6) is 0.257. The van der Waals surface area contributed by atoms with Crippen molar-refractivity contribution >= 4 is 44.8 Å². The molecule has 1 nitrogen and oxygen atoms in total. The Morgan fingerprint density at radius 2 is 2.22 bits per heavy atom. The number of benzene rings is 1. The van der Waals surface area contributed by atoms with Gasteiger partial charge in [-0.3, -0.25) is 4.79 Å². The first kappa shape index (κ1) is 13.8. The second-order valence-corrected chi connectivity index (χ2v) is 6.65. The number of thiophene rings is 1. The molecule has 0 radical (unpaired) electrons. The lowest BCUT2D eigenvalue weighted by Crippen LogP contribution is -2.04. The van der Waals surface area contributed by atoms with Crippen molar-refractivity contribution in [1.29, 1.82) is 0 Å². The van der Waals surface area contributed by atoms with Gasteiger partial charge in [-0.15, -0.1) is 23.1 Å². The van der Waals surface area contributed by atoms with Crippen molar-refractivity contribution in [3.05, 3.63) is 50.9 Å². The van der Waals surface area contributed by atoms with Gasteiger partial charge in [0.15, 0.2) is 0 Å². The topological polar surface area (TPSA) is 17.1 Å². The van der Waals surface area contributed by atoms with E-state index in [2.05, 4.69) is 15.9 Å². The van der Waals surface area contributed by atoms with Crippen LogP contribution in [0, 0.1) is 5.82 Å². The van der Waals surface area contributed by atoms with Gasteiger partial charge in [-0.25, -0.2) is 4.39 Å². The first-order valence-corrected chi connectivity index (χ1v) is 7.92. The molecule has 1 aromatic heterocycles. The van der Waals surface area contributed by atoms with E-state index >= 15 is 0 Å². The molecule has 18 heavy (non-hydrogen) atoms. The van der Waals surface area contributed by atoms with Crippen LogP contribution in [-0.4, -0.2) is 11.5 Å². The van der Waals surface area contributed by atoms with Crippen molar-refractivity contribution in [2.45, 2.75) is 11.3 Å². The molecule has 0 spiro atoms. The smallest absolute Gasteiger partial charge is 0.148 e. The van der Waals surface area contributed by atoms with E-state index < -0.39 is 0 Å². The van der Waals surface area contributed by atoms with Crippen LogP contribution in [0.3, 0.4) is 0 Å². The monoisotopic (exact) mass is 344 g/mol. The molecule has 0 aliphatic rings. The van der Waals surface area contributed by atoms with Gasteiger partial charge < -0.3 is 0 Å². The summed E-state index contributed by atoms with van der Waals surface area (Å²) < 4.78 is 13.9. The Morgan fingerprint density at radius 3 is 2.89 bits per heavy atom. The Kier molecular flexibility index (Phi) is 4.97. The highest BCUT2D eigenvalue weighted by Gasteiger charge is 2.07. The standard InChI is InChI=1S/C13H10BrFOS2/c14-9-4-13(17-7-9)6-11(16)8-18-12-3-1-2-10(15)5-12/h1-5,7H,6,8H2. The summed E-state index contributed by atoms with van der Waals surface area (Å²) >= 11 is 6.30. The van der Waals surface area contributed by atoms with Gasteiger partial charge >= 0.3 is 0 Å². The van der Waals surface area contributed by atoms with Gasteiger partial charge in [-0.05, 0) is 40.2 Å². The molecule has 1 heterocycles. The maximum absolute atomic E-state index is 12.9. The number of Topliss-reactive ketones (excluding diaryl/α,β-unsaturated/α-hetero) is 1. The summed E-state index contributed by atoms with van der Waals surface area (Å²) in [6.45, 7) is 0. The van der Waals surface area contributed by atoms with Crippen LogP contribution >= 0.6 is 39.0 Å². The molecule has 5 heteroatoms. The molecule has 0 unspecified atom stereocenters. The zero-order valence-electron chi connectivity index (χ0n) is 9.36. The third kappa shape index (κ3) is 4.23. The van der Waals surface area contributed by atoms with Crippen molar-refractivity contribution in [3.63, 3.8) is 0 Å². The molecular weight excluding hydrogens is 335 g/mol. The van der Waals surface area contributed by atoms with Crippen LogP contribution in [0.15, 0.2) is 45.1 Å². The fourth-order valence-corrected chi connectivity index (χ4v) is 3.69. The predicted octanol–water partition coefficient (Wildman–Crippen LogP) is 4.55. The SMILES string of the molecule is O=C(CSc1cccc(F)c1)Cc1cc(Br)cs1. The summed E-state index contributed by atoms with van der Waals surface area (Å²) in [4.78, 5) is 13.6. The Morgan fingerprint density at radius 1 is 1.39 bits per heavy atom. The lowest BCUT2D eigenvalue weighted by molar-refractivity contribution is -0.115. The molecule has 0 saturated carbocycles. The number of rotatable bonds is 5.